The molecule has 0 aliphatic carbocycles. The predicted molar refractivity (Wildman–Crippen MR) is 77.2 cm³/mol. The summed E-state index contributed by atoms with van der Waals surface area (Å²) in [7, 11) is 0. The van der Waals surface area contributed by atoms with E-state index in [0.717, 1.165) is 61.9 Å². The van der Waals surface area contributed by atoms with Crippen LogP contribution < -0.4 is 5.73 Å². The minimum atomic E-state index is 0.529. The first-order valence-electron chi connectivity index (χ1n) is 7.46. The zero-order valence-electron chi connectivity index (χ0n) is 12.2. The van der Waals surface area contributed by atoms with E-state index in [1.54, 1.807) is 0 Å². The van der Waals surface area contributed by atoms with E-state index in [-0.39, 0.29) is 0 Å². The van der Waals surface area contributed by atoms with Crippen LogP contribution in [0.2, 0.25) is 0 Å². The van der Waals surface area contributed by atoms with Crippen molar-refractivity contribution in [3.63, 3.8) is 0 Å². The molecule has 0 bridgehead atoms. The molecule has 0 aromatic carbocycles. The first-order valence-corrected chi connectivity index (χ1v) is 7.46. The Morgan fingerprint density at radius 1 is 1.35 bits per heavy atom. The van der Waals surface area contributed by atoms with E-state index in [2.05, 4.69) is 39.8 Å². The fourth-order valence-corrected chi connectivity index (χ4v) is 2.84. The molecule has 1 aliphatic heterocycles. The molecule has 2 aromatic heterocycles. The molecule has 0 amide bonds. The summed E-state index contributed by atoms with van der Waals surface area (Å²) in [6, 6.07) is 2.13. The zero-order valence-corrected chi connectivity index (χ0v) is 12.2. The summed E-state index contributed by atoms with van der Waals surface area (Å²) in [5.41, 5.74) is 8.00. The van der Waals surface area contributed by atoms with Crippen molar-refractivity contribution in [2.75, 3.05) is 6.54 Å². The minimum Gasteiger partial charge on any atom is -0.330 e. The third kappa shape index (κ3) is 2.14. The Balaban J connectivity index is 2.03. The fourth-order valence-electron chi connectivity index (χ4n) is 2.84. The lowest BCUT2D eigenvalue weighted by molar-refractivity contribution is 0.375. The van der Waals surface area contributed by atoms with E-state index in [1.165, 1.54) is 0 Å². The van der Waals surface area contributed by atoms with Crippen LogP contribution in [0, 0.1) is 5.92 Å². The van der Waals surface area contributed by atoms with Gasteiger partial charge in [0.1, 0.15) is 11.5 Å². The summed E-state index contributed by atoms with van der Waals surface area (Å²) >= 11 is 0. The topological polar surface area (TPSA) is 74.6 Å². The highest BCUT2D eigenvalue weighted by Gasteiger charge is 2.24. The van der Waals surface area contributed by atoms with E-state index in [0.29, 0.717) is 5.92 Å². The largest absolute Gasteiger partial charge is 0.330 e. The maximum atomic E-state index is 5.83. The molecule has 1 atom stereocenters. The van der Waals surface area contributed by atoms with Crippen LogP contribution in [0.4, 0.5) is 0 Å². The van der Waals surface area contributed by atoms with Gasteiger partial charge in [0.25, 0.3) is 0 Å². The Hall–Kier alpha value is -1.69. The van der Waals surface area contributed by atoms with Crippen molar-refractivity contribution >= 4 is 0 Å². The highest BCUT2D eigenvalue weighted by Crippen LogP contribution is 2.26. The summed E-state index contributed by atoms with van der Waals surface area (Å²) in [4.78, 5) is 0. The van der Waals surface area contributed by atoms with Gasteiger partial charge in [-0.1, -0.05) is 6.92 Å². The van der Waals surface area contributed by atoms with Crippen molar-refractivity contribution in [1.82, 2.24) is 24.5 Å². The maximum absolute atomic E-state index is 5.83. The van der Waals surface area contributed by atoms with Gasteiger partial charge in [-0.25, -0.2) is 0 Å². The lowest BCUT2D eigenvalue weighted by atomic mass is 9.99. The third-order valence-electron chi connectivity index (χ3n) is 4.10. The van der Waals surface area contributed by atoms with E-state index < -0.39 is 0 Å². The molecule has 0 saturated carbocycles. The molecule has 6 heteroatoms. The van der Waals surface area contributed by atoms with Crippen LogP contribution in [0.1, 0.15) is 31.8 Å². The molecule has 0 radical (unpaired) electrons. The molecule has 2 N–H and O–H groups in total. The second kappa shape index (κ2) is 5.36. The first kappa shape index (κ1) is 13.3. The van der Waals surface area contributed by atoms with Gasteiger partial charge in [-0.05, 0) is 38.3 Å². The van der Waals surface area contributed by atoms with Crippen LogP contribution in [0.25, 0.3) is 11.5 Å². The quantitative estimate of drug-likeness (QED) is 0.910. The molecule has 108 valence electrons. The zero-order chi connectivity index (χ0) is 14.1. The van der Waals surface area contributed by atoms with Gasteiger partial charge < -0.3 is 10.3 Å². The number of fused-ring (bicyclic) bond motifs is 1. The average Bonchev–Trinajstić information content (AvgIpc) is 3.09. The Labute approximate surface area is 119 Å². The van der Waals surface area contributed by atoms with E-state index in [1.807, 2.05) is 4.68 Å². The van der Waals surface area contributed by atoms with Crippen LogP contribution >= 0.6 is 0 Å². The van der Waals surface area contributed by atoms with Gasteiger partial charge in [0, 0.05) is 19.5 Å². The number of rotatable bonds is 4. The normalized spacial score (nSPS) is 18.2. The van der Waals surface area contributed by atoms with Crippen LogP contribution in [0.3, 0.4) is 0 Å². The number of nitrogens with zero attached hydrogens (tertiary/aromatic N) is 5. The second-order valence-electron chi connectivity index (χ2n) is 5.38. The molecule has 0 saturated heterocycles. The van der Waals surface area contributed by atoms with Gasteiger partial charge in [0.2, 0.25) is 0 Å². The summed E-state index contributed by atoms with van der Waals surface area (Å²) in [6.45, 7) is 6.72. The van der Waals surface area contributed by atoms with Crippen molar-refractivity contribution in [3.8, 4) is 11.5 Å². The molecule has 0 fully saturated rings. The average molecular weight is 274 g/mol. The van der Waals surface area contributed by atoms with Crippen LogP contribution in [-0.4, -0.2) is 31.1 Å². The standard InChI is InChI=1S/C14H22N6/c1-3-11-7-12(20(4-2)18-11)14-17-16-13-6-5-10(8-15)9-19(13)14/h7,10H,3-6,8-9,15H2,1-2H3. The molecule has 20 heavy (non-hydrogen) atoms. The van der Waals surface area contributed by atoms with Crippen LogP contribution in [0.5, 0.6) is 0 Å². The molecule has 3 rings (SSSR count). The summed E-state index contributed by atoms with van der Waals surface area (Å²) in [6.07, 6.45) is 3.02. The summed E-state index contributed by atoms with van der Waals surface area (Å²) in [5.74, 6) is 2.54. The van der Waals surface area contributed by atoms with Crippen molar-refractivity contribution in [2.24, 2.45) is 11.7 Å². The predicted octanol–water partition coefficient (Wildman–Crippen LogP) is 1.24. The van der Waals surface area contributed by atoms with Gasteiger partial charge in [0.05, 0.1) is 5.69 Å². The molecule has 2 aromatic rings. The SMILES string of the molecule is CCc1cc(-c2nnc3n2CC(CN)CC3)n(CC)n1. The van der Waals surface area contributed by atoms with Crippen LogP contribution in [-0.2, 0) is 25.9 Å². The Morgan fingerprint density at radius 3 is 2.90 bits per heavy atom. The van der Waals surface area contributed by atoms with E-state index in [4.69, 9.17) is 5.73 Å². The molecule has 6 nitrogen and oxygen atoms in total. The lowest BCUT2D eigenvalue weighted by Gasteiger charge is -2.22. The van der Waals surface area contributed by atoms with E-state index in [9.17, 15) is 0 Å². The number of aromatic nitrogens is 5. The molecule has 0 spiro atoms. The summed E-state index contributed by atoms with van der Waals surface area (Å²) < 4.78 is 4.24. The Kier molecular flexibility index (Phi) is 3.56. The lowest BCUT2D eigenvalue weighted by Crippen LogP contribution is -2.27. The third-order valence-corrected chi connectivity index (χ3v) is 4.10. The molecule has 1 aliphatic rings. The van der Waals surface area contributed by atoms with Crippen molar-refractivity contribution in [2.45, 2.75) is 46.2 Å². The van der Waals surface area contributed by atoms with Crippen LogP contribution in [0.15, 0.2) is 6.07 Å². The second-order valence-corrected chi connectivity index (χ2v) is 5.38. The molecule has 3 heterocycles. The number of hydrogen-bond acceptors (Lipinski definition) is 4. The number of hydrogen-bond donors (Lipinski definition) is 1. The maximum Gasteiger partial charge on any atom is 0.182 e. The highest BCUT2D eigenvalue weighted by atomic mass is 15.3. The van der Waals surface area contributed by atoms with Gasteiger partial charge in [-0.2, -0.15) is 5.10 Å². The van der Waals surface area contributed by atoms with Crippen molar-refractivity contribution in [1.29, 1.82) is 0 Å². The highest BCUT2D eigenvalue weighted by molar-refractivity contribution is 5.51. The monoisotopic (exact) mass is 274 g/mol. The Bertz CT molecular complexity index is 597. The minimum absolute atomic E-state index is 0.529. The molecular formula is C14H22N6. The number of aryl methyl sites for hydroxylation is 3. The molecular weight excluding hydrogens is 252 g/mol. The fraction of sp³-hybridized carbons (Fsp3) is 0.643. The summed E-state index contributed by atoms with van der Waals surface area (Å²) in [5, 5.41) is 13.3. The van der Waals surface area contributed by atoms with Crippen molar-refractivity contribution < 1.29 is 0 Å². The van der Waals surface area contributed by atoms with Gasteiger partial charge in [0.15, 0.2) is 5.82 Å². The smallest absolute Gasteiger partial charge is 0.182 e. The molecule has 1 unspecified atom stereocenters. The van der Waals surface area contributed by atoms with E-state index >= 15 is 0 Å². The number of nitrogens with two attached hydrogens (primary N) is 1. The first-order chi connectivity index (χ1) is 9.76. The Morgan fingerprint density at radius 2 is 2.20 bits per heavy atom. The van der Waals surface area contributed by atoms with Gasteiger partial charge >= 0.3 is 0 Å². The van der Waals surface area contributed by atoms with Crippen molar-refractivity contribution in [3.05, 3.63) is 17.6 Å². The van der Waals surface area contributed by atoms with Gasteiger partial charge in [-0.15, -0.1) is 10.2 Å². The van der Waals surface area contributed by atoms with Gasteiger partial charge in [-0.3, -0.25) is 4.68 Å².